The van der Waals surface area contributed by atoms with E-state index in [0.29, 0.717) is 5.82 Å². The molecule has 1 aromatic heterocycles. The van der Waals surface area contributed by atoms with E-state index in [9.17, 15) is 0 Å². The molecule has 1 aromatic rings. The zero-order chi connectivity index (χ0) is 8.97. The van der Waals surface area contributed by atoms with Crippen molar-refractivity contribution in [1.29, 1.82) is 0 Å². The largest absolute Gasteiger partial charge is 0.396 e. The first-order valence-electron chi connectivity index (χ1n) is 3.75. The Morgan fingerprint density at radius 3 is 3.00 bits per heavy atom. The Balaban J connectivity index is 2.75. The summed E-state index contributed by atoms with van der Waals surface area (Å²) >= 11 is 2.19. The van der Waals surface area contributed by atoms with Crippen LogP contribution in [0.25, 0.3) is 0 Å². The molecule has 0 saturated heterocycles. The first kappa shape index (κ1) is 9.73. The fourth-order valence-electron chi connectivity index (χ4n) is 0.962. The van der Waals surface area contributed by atoms with Gasteiger partial charge in [-0.2, -0.15) is 0 Å². The van der Waals surface area contributed by atoms with Gasteiger partial charge in [0.1, 0.15) is 5.82 Å². The quantitative estimate of drug-likeness (QED) is 0.817. The summed E-state index contributed by atoms with van der Waals surface area (Å²) in [6.45, 7) is 0.199. The molecule has 0 aliphatic heterocycles. The molecule has 0 amide bonds. The van der Waals surface area contributed by atoms with E-state index in [-0.39, 0.29) is 6.61 Å². The fraction of sp³-hybridized carbons (Fsp3) is 0.375. The van der Waals surface area contributed by atoms with Gasteiger partial charge in [0.2, 0.25) is 0 Å². The molecule has 12 heavy (non-hydrogen) atoms. The monoisotopic (exact) mass is 278 g/mol. The number of rotatable bonds is 3. The predicted molar refractivity (Wildman–Crippen MR) is 56.8 cm³/mol. The van der Waals surface area contributed by atoms with E-state index in [1.54, 1.807) is 6.20 Å². The third-order valence-electron chi connectivity index (χ3n) is 1.57. The maximum absolute atomic E-state index is 8.62. The SMILES string of the molecule is Nc1ncc(I)cc1CCCO. The zero-order valence-corrected chi connectivity index (χ0v) is 8.78. The van der Waals surface area contributed by atoms with Gasteiger partial charge in [0.05, 0.1) is 0 Å². The molecule has 0 saturated carbocycles. The molecule has 3 nitrogen and oxygen atoms in total. The van der Waals surface area contributed by atoms with Gasteiger partial charge in [-0.1, -0.05) is 0 Å². The lowest BCUT2D eigenvalue weighted by Crippen LogP contribution is -1.99. The van der Waals surface area contributed by atoms with Crippen LogP contribution >= 0.6 is 22.6 Å². The van der Waals surface area contributed by atoms with Gasteiger partial charge in [0, 0.05) is 16.4 Å². The number of pyridine rings is 1. The van der Waals surface area contributed by atoms with Gasteiger partial charge in [0.15, 0.2) is 0 Å². The molecule has 0 spiro atoms. The van der Waals surface area contributed by atoms with Crippen LogP contribution in [-0.4, -0.2) is 16.7 Å². The van der Waals surface area contributed by atoms with Crippen LogP contribution in [0.1, 0.15) is 12.0 Å². The number of aliphatic hydroxyl groups is 1. The number of aromatic nitrogens is 1. The Kier molecular flexibility index (Phi) is 3.74. The van der Waals surface area contributed by atoms with Crippen molar-refractivity contribution in [3.63, 3.8) is 0 Å². The molecular formula is C8H11IN2O. The minimum atomic E-state index is 0.199. The number of nitrogens with zero attached hydrogens (tertiary/aromatic N) is 1. The average molecular weight is 278 g/mol. The summed E-state index contributed by atoms with van der Waals surface area (Å²) in [6, 6.07) is 2.00. The first-order chi connectivity index (χ1) is 5.74. The van der Waals surface area contributed by atoms with Crippen molar-refractivity contribution in [1.82, 2.24) is 4.98 Å². The third-order valence-corrected chi connectivity index (χ3v) is 2.16. The summed E-state index contributed by atoms with van der Waals surface area (Å²) in [5.41, 5.74) is 6.66. The number of anilines is 1. The highest BCUT2D eigenvalue weighted by atomic mass is 127. The van der Waals surface area contributed by atoms with E-state index in [1.165, 1.54) is 0 Å². The van der Waals surface area contributed by atoms with Crippen molar-refractivity contribution in [3.8, 4) is 0 Å². The second-order valence-corrected chi connectivity index (χ2v) is 3.77. The van der Waals surface area contributed by atoms with Crippen molar-refractivity contribution in [3.05, 3.63) is 21.4 Å². The first-order valence-corrected chi connectivity index (χ1v) is 4.82. The highest BCUT2D eigenvalue weighted by Crippen LogP contribution is 2.13. The summed E-state index contributed by atoms with van der Waals surface area (Å²) in [7, 11) is 0. The van der Waals surface area contributed by atoms with E-state index in [1.807, 2.05) is 6.07 Å². The summed E-state index contributed by atoms with van der Waals surface area (Å²) < 4.78 is 1.08. The second kappa shape index (κ2) is 4.61. The Morgan fingerprint density at radius 2 is 2.33 bits per heavy atom. The van der Waals surface area contributed by atoms with Crippen LogP contribution in [0.4, 0.5) is 5.82 Å². The van der Waals surface area contributed by atoms with Gasteiger partial charge >= 0.3 is 0 Å². The molecule has 4 heteroatoms. The summed E-state index contributed by atoms with van der Waals surface area (Å²) in [6.07, 6.45) is 3.27. The van der Waals surface area contributed by atoms with Crippen molar-refractivity contribution >= 4 is 28.4 Å². The number of halogens is 1. The maximum Gasteiger partial charge on any atom is 0.126 e. The summed E-state index contributed by atoms with van der Waals surface area (Å²) in [5.74, 6) is 0.573. The van der Waals surface area contributed by atoms with Crippen LogP contribution in [0, 0.1) is 3.57 Å². The van der Waals surface area contributed by atoms with Gasteiger partial charge in [-0.25, -0.2) is 4.98 Å². The Bertz CT molecular complexity index is 265. The van der Waals surface area contributed by atoms with Crippen molar-refractivity contribution in [2.75, 3.05) is 12.3 Å². The van der Waals surface area contributed by atoms with Gasteiger partial charge in [-0.3, -0.25) is 0 Å². The molecular weight excluding hydrogens is 267 g/mol. The topological polar surface area (TPSA) is 59.1 Å². The highest BCUT2D eigenvalue weighted by Gasteiger charge is 2.00. The van der Waals surface area contributed by atoms with Crippen molar-refractivity contribution in [2.24, 2.45) is 0 Å². The lowest BCUT2D eigenvalue weighted by atomic mass is 10.1. The van der Waals surface area contributed by atoms with Crippen molar-refractivity contribution < 1.29 is 5.11 Å². The normalized spacial score (nSPS) is 10.2. The van der Waals surface area contributed by atoms with E-state index in [4.69, 9.17) is 10.8 Å². The van der Waals surface area contributed by atoms with Gasteiger partial charge in [-0.15, -0.1) is 0 Å². The van der Waals surface area contributed by atoms with E-state index in [2.05, 4.69) is 27.6 Å². The minimum absolute atomic E-state index is 0.199. The van der Waals surface area contributed by atoms with Gasteiger partial charge < -0.3 is 10.8 Å². The van der Waals surface area contributed by atoms with Gasteiger partial charge in [0.25, 0.3) is 0 Å². The molecule has 0 unspecified atom stereocenters. The fourth-order valence-corrected chi connectivity index (χ4v) is 1.48. The second-order valence-electron chi connectivity index (χ2n) is 2.53. The van der Waals surface area contributed by atoms with Crippen LogP contribution < -0.4 is 5.73 Å². The van der Waals surface area contributed by atoms with E-state index >= 15 is 0 Å². The molecule has 0 aliphatic carbocycles. The standard InChI is InChI=1S/C8H11IN2O/c9-7-4-6(2-1-3-12)8(10)11-5-7/h4-5,12H,1-3H2,(H2,10,11). The van der Waals surface area contributed by atoms with Crippen LogP contribution in [-0.2, 0) is 6.42 Å². The number of hydrogen-bond donors (Lipinski definition) is 2. The van der Waals surface area contributed by atoms with Crippen LogP contribution in [0.5, 0.6) is 0 Å². The Hall–Kier alpha value is -0.360. The molecule has 0 radical (unpaired) electrons. The lowest BCUT2D eigenvalue weighted by molar-refractivity contribution is 0.288. The minimum Gasteiger partial charge on any atom is -0.396 e. The predicted octanol–water partition coefficient (Wildman–Crippen LogP) is 1.19. The van der Waals surface area contributed by atoms with Crippen molar-refractivity contribution in [2.45, 2.75) is 12.8 Å². The summed E-state index contributed by atoms with van der Waals surface area (Å²) in [4.78, 5) is 4.02. The smallest absolute Gasteiger partial charge is 0.126 e. The third kappa shape index (κ3) is 2.60. The molecule has 0 aromatic carbocycles. The molecule has 1 rings (SSSR count). The number of nitrogen functional groups attached to an aromatic ring is 1. The average Bonchev–Trinajstić information content (AvgIpc) is 2.07. The molecule has 0 fully saturated rings. The number of aryl methyl sites for hydroxylation is 1. The van der Waals surface area contributed by atoms with Crippen LogP contribution in [0.3, 0.4) is 0 Å². The maximum atomic E-state index is 8.62. The molecule has 0 bridgehead atoms. The molecule has 3 N–H and O–H groups in total. The number of hydrogen-bond acceptors (Lipinski definition) is 3. The molecule has 0 atom stereocenters. The zero-order valence-electron chi connectivity index (χ0n) is 6.63. The number of nitrogens with two attached hydrogens (primary N) is 1. The summed E-state index contributed by atoms with van der Waals surface area (Å²) in [5, 5.41) is 8.62. The highest BCUT2D eigenvalue weighted by molar-refractivity contribution is 14.1. The molecule has 1 heterocycles. The lowest BCUT2D eigenvalue weighted by Gasteiger charge is -2.03. The Morgan fingerprint density at radius 1 is 1.58 bits per heavy atom. The number of aliphatic hydroxyl groups excluding tert-OH is 1. The van der Waals surface area contributed by atoms with E-state index < -0.39 is 0 Å². The Labute approximate surface area is 85.1 Å². The molecule has 0 aliphatic rings. The van der Waals surface area contributed by atoms with E-state index in [0.717, 1.165) is 22.0 Å². The van der Waals surface area contributed by atoms with Gasteiger partial charge in [-0.05, 0) is 47.1 Å². The van der Waals surface area contributed by atoms with Crippen LogP contribution in [0.15, 0.2) is 12.3 Å². The molecule has 66 valence electrons. The van der Waals surface area contributed by atoms with Crippen LogP contribution in [0.2, 0.25) is 0 Å².